The number of carbonyl (C=O) groups is 2. The highest BCUT2D eigenvalue weighted by molar-refractivity contribution is 7.16. The number of esters is 1. The van der Waals surface area contributed by atoms with Gasteiger partial charge in [-0.1, -0.05) is 30.3 Å². The molecule has 0 spiro atoms. The number of carbonyl (C=O) groups excluding carboxylic acids is 2. The molecule has 6 rings (SSSR count). The van der Waals surface area contributed by atoms with Crippen molar-refractivity contribution in [3.63, 3.8) is 0 Å². The Morgan fingerprint density at radius 3 is 2.68 bits per heavy atom. The van der Waals surface area contributed by atoms with Crippen LogP contribution in [-0.4, -0.2) is 35.6 Å². The van der Waals surface area contributed by atoms with E-state index < -0.39 is 18.5 Å². The summed E-state index contributed by atoms with van der Waals surface area (Å²) in [4.78, 5) is 34.4. The summed E-state index contributed by atoms with van der Waals surface area (Å²) in [6.45, 7) is -0.461. The summed E-state index contributed by atoms with van der Waals surface area (Å²) in [7, 11) is 1.61. The van der Waals surface area contributed by atoms with Gasteiger partial charge in [-0.3, -0.25) is 4.79 Å². The van der Waals surface area contributed by atoms with Crippen molar-refractivity contribution in [3.8, 4) is 23.2 Å². The number of benzene rings is 3. The largest absolute Gasteiger partial charge is 0.497 e. The molecule has 0 radical (unpaired) electrons. The highest BCUT2D eigenvalue weighted by Crippen LogP contribution is 2.42. The summed E-state index contributed by atoms with van der Waals surface area (Å²) >= 11 is 1.43. The summed E-state index contributed by atoms with van der Waals surface area (Å²) in [6, 6.07) is 25.1. The number of aromatic nitrogens is 2. The van der Waals surface area contributed by atoms with E-state index in [9.17, 15) is 14.9 Å². The smallest absolute Gasteiger partial charge is 0.338 e. The van der Waals surface area contributed by atoms with Crippen molar-refractivity contribution >= 4 is 39.2 Å². The summed E-state index contributed by atoms with van der Waals surface area (Å²) in [6.07, 6.45) is 2.57. The molecule has 1 atom stereocenters. The molecule has 0 aliphatic heterocycles. The molecular weight excluding hydrogens is 536 g/mol. The van der Waals surface area contributed by atoms with Crippen molar-refractivity contribution in [2.75, 3.05) is 19.0 Å². The Balaban J connectivity index is 1.10. The molecule has 1 aliphatic carbocycles. The molecule has 0 saturated heterocycles. The fourth-order valence-corrected chi connectivity index (χ4v) is 6.50. The van der Waals surface area contributed by atoms with Gasteiger partial charge in [-0.2, -0.15) is 5.26 Å². The van der Waals surface area contributed by atoms with Crippen LogP contribution in [0.15, 0.2) is 72.8 Å². The van der Waals surface area contributed by atoms with Crippen molar-refractivity contribution in [3.05, 3.63) is 99.9 Å². The molecule has 1 unspecified atom stereocenters. The predicted octanol–water partition coefficient (Wildman–Crippen LogP) is 6.24. The van der Waals surface area contributed by atoms with E-state index in [-0.39, 0.29) is 0 Å². The van der Waals surface area contributed by atoms with Gasteiger partial charge in [-0.25, -0.2) is 9.78 Å². The molecule has 9 heteroatoms. The van der Waals surface area contributed by atoms with Gasteiger partial charge in [0.2, 0.25) is 0 Å². The first-order chi connectivity index (χ1) is 20.0. The number of amides is 1. The molecule has 0 saturated carbocycles. The number of fused-ring (bicyclic) bond motifs is 2. The van der Waals surface area contributed by atoms with Crippen molar-refractivity contribution < 1.29 is 19.1 Å². The van der Waals surface area contributed by atoms with Crippen LogP contribution in [0, 0.1) is 11.3 Å². The minimum atomic E-state index is -0.626. The number of H-pyrrole nitrogens is 1. The van der Waals surface area contributed by atoms with Gasteiger partial charge >= 0.3 is 5.97 Å². The lowest BCUT2D eigenvalue weighted by atomic mass is 9.83. The first kappa shape index (κ1) is 26.3. The summed E-state index contributed by atoms with van der Waals surface area (Å²) < 4.78 is 10.5. The van der Waals surface area contributed by atoms with Crippen LogP contribution in [0.3, 0.4) is 0 Å². The zero-order valence-electron chi connectivity index (χ0n) is 22.3. The Morgan fingerprint density at radius 1 is 1.12 bits per heavy atom. The third-order valence-corrected chi connectivity index (χ3v) is 8.49. The van der Waals surface area contributed by atoms with E-state index in [0.29, 0.717) is 38.9 Å². The molecule has 8 nitrogen and oxygen atoms in total. The molecule has 41 heavy (non-hydrogen) atoms. The summed E-state index contributed by atoms with van der Waals surface area (Å²) in [5.74, 6) is 0.683. The van der Waals surface area contributed by atoms with E-state index in [1.165, 1.54) is 16.9 Å². The SMILES string of the molecule is COc1ccc(-c2nc3ccc(C(=O)OCC(=O)Nc4sc5c(c4C#N)CCC(c4ccccc4)C5)cc3[nH]2)cc1. The van der Waals surface area contributed by atoms with E-state index in [2.05, 4.69) is 33.5 Å². The van der Waals surface area contributed by atoms with Gasteiger partial charge in [0.05, 0.1) is 29.3 Å². The second kappa shape index (κ2) is 11.3. The molecule has 3 aromatic carbocycles. The van der Waals surface area contributed by atoms with Crippen LogP contribution in [0.2, 0.25) is 0 Å². The molecular formula is C32H26N4O4S. The summed E-state index contributed by atoms with van der Waals surface area (Å²) in [5, 5.41) is 13.1. The number of nitriles is 1. The average molecular weight is 563 g/mol. The number of methoxy groups -OCH3 is 1. The van der Waals surface area contributed by atoms with E-state index in [1.807, 2.05) is 42.5 Å². The minimum Gasteiger partial charge on any atom is -0.497 e. The zero-order chi connectivity index (χ0) is 28.3. The number of ether oxygens (including phenoxy) is 2. The van der Waals surface area contributed by atoms with Gasteiger partial charge < -0.3 is 19.8 Å². The fourth-order valence-electron chi connectivity index (χ4n) is 5.20. The molecule has 0 fully saturated rings. The molecule has 5 aromatic rings. The van der Waals surface area contributed by atoms with Crippen LogP contribution >= 0.6 is 11.3 Å². The van der Waals surface area contributed by atoms with Crippen molar-refractivity contribution in [1.82, 2.24) is 9.97 Å². The molecule has 1 amide bonds. The van der Waals surface area contributed by atoms with Crippen molar-refractivity contribution in [1.29, 1.82) is 5.26 Å². The van der Waals surface area contributed by atoms with Crippen molar-refractivity contribution in [2.45, 2.75) is 25.2 Å². The van der Waals surface area contributed by atoms with E-state index in [4.69, 9.17) is 9.47 Å². The Kier molecular flexibility index (Phi) is 7.23. The number of hydrogen-bond donors (Lipinski definition) is 2. The van der Waals surface area contributed by atoms with Crippen LogP contribution in [0.1, 0.15) is 44.3 Å². The number of thiophene rings is 1. The third-order valence-electron chi connectivity index (χ3n) is 7.32. The molecule has 2 N–H and O–H groups in total. The molecule has 2 heterocycles. The number of nitrogens with zero attached hydrogens (tertiary/aromatic N) is 2. The van der Waals surface area contributed by atoms with E-state index in [0.717, 1.165) is 41.0 Å². The lowest BCUT2D eigenvalue weighted by Crippen LogP contribution is -2.21. The first-order valence-electron chi connectivity index (χ1n) is 13.2. The molecule has 0 bridgehead atoms. The van der Waals surface area contributed by atoms with Gasteiger partial charge in [0.15, 0.2) is 6.61 Å². The number of nitrogens with one attached hydrogen (secondary N) is 2. The maximum absolute atomic E-state index is 12.7. The predicted molar refractivity (Wildman–Crippen MR) is 157 cm³/mol. The first-order valence-corrected chi connectivity index (χ1v) is 14.0. The van der Waals surface area contributed by atoms with E-state index >= 15 is 0 Å². The average Bonchev–Trinajstić information content (AvgIpc) is 3.60. The highest BCUT2D eigenvalue weighted by atomic mass is 32.1. The second-order valence-electron chi connectivity index (χ2n) is 9.84. The maximum atomic E-state index is 12.7. The van der Waals surface area contributed by atoms with E-state index in [1.54, 1.807) is 25.3 Å². The molecule has 204 valence electrons. The third kappa shape index (κ3) is 5.42. The maximum Gasteiger partial charge on any atom is 0.338 e. The lowest BCUT2D eigenvalue weighted by Gasteiger charge is -2.22. The number of anilines is 1. The summed E-state index contributed by atoms with van der Waals surface area (Å²) in [5.41, 5.74) is 5.36. The monoisotopic (exact) mass is 562 g/mol. The van der Waals surface area contributed by atoms with Gasteiger partial charge in [0, 0.05) is 10.4 Å². The Bertz CT molecular complexity index is 1780. The second-order valence-corrected chi connectivity index (χ2v) is 10.9. The number of hydrogen-bond acceptors (Lipinski definition) is 7. The number of aromatic amines is 1. The van der Waals surface area contributed by atoms with Crippen LogP contribution in [0.4, 0.5) is 5.00 Å². The van der Waals surface area contributed by atoms with Crippen LogP contribution in [-0.2, 0) is 22.4 Å². The number of rotatable bonds is 7. The topological polar surface area (TPSA) is 117 Å². The van der Waals surface area contributed by atoms with Crippen LogP contribution in [0.5, 0.6) is 5.75 Å². The quantitative estimate of drug-likeness (QED) is 0.227. The van der Waals surface area contributed by atoms with Gasteiger partial charge in [-0.15, -0.1) is 11.3 Å². The Labute approximate surface area is 240 Å². The standard InChI is InChI=1S/C32H26N4O4S/c1-39-23-11-7-20(8-12-23)30-34-26-14-10-22(15-27(26)35-30)32(38)40-18-29(37)36-31-25(17-33)24-13-9-21(16-28(24)41-31)19-5-3-2-4-6-19/h2-8,10-12,14-15,21H,9,13,16,18H2,1H3,(H,34,35)(H,36,37). The lowest BCUT2D eigenvalue weighted by molar-refractivity contribution is -0.119. The molecule has 2 aromatic heterocycles. The van der Waals surface area contributed by atoms with Crippen molar-refractivity contribution in [2.24, 2.45) is 0 Å². The van der Waals surface area contributed by atoms with Crippen LogP contribution < -0.4 is 10.1 Å². The molecule has 1 aliphatic rings. The normalized spacial score (nSPS) is 14.2. The minimum absolute atomic E-state index is 0.298. The highest BCUT2D eigenvalue weighted by Gasteiger charge is 2.27. The Hall–Kier alpha value is -4.94. The number of imidazole rings is 1. The Morgan fingerprint density at radius 2 is 1.93 bits per heavy atom. The fraction of sp³-hybridized carbons (Fsp3) is 0.188. The van der Waals surface area contributed by atoms with Crippen LogP contribution in [0.25, 0.3) is 22.4 Å². The van der Waals surface area contributed by atoms with Gasteiger partial charge in [0.1, 0.15) is 22.6 Å². The van der Waals surface area contributed by atoms with Gasteiger partial charge in [0.25, 0.3) is 5.91 Å². The zero-order valence-corrected chi connectivity index (χ0v) is 23.1. The van der Waals surface area contributed by atoms with Gasteiger partial charge in [-0.05, 0) is 78.8 Å².